The van der Waals surface area contributed by atoms with Crippen LogP contribution >= 0.6 is 0 Å². The predicted octanol–water partition coefficient (Wildman–Crippen LogP) is 2.72. The molecule has 0 saturated carbocycles. The second-order valence-electron chi connectivity index (χ2n) is 7.35. The highest BCUT2D eigenvalue weighted by Crippen LogP contribution is 2.27. The van der Waals surface area contributed by atoms with Crippen molar-refractivity contribution in [2.75, 3.05) is 33.3 Å². The van der Waals surface area contributed by atoms with E-state index in [9.17, 15) is 9.59 Å². The number of aromatic nitrogens is 1. The quantitative estimate of drug-likeness (QED) is 0.837. The van der Waals surface area contributed by atoms with E-state index in [1.165, 1.54) is 0 Å². The molecule has 0 N–H and O–H groups in total. The van der Waals surface area contributed by atoms with E-state index in [0.717, 1.165) is 49.7 Å². The Labute approximate surface area is 159 Å². The number of piperidine rings is 1. The minimum absolute atomic E-state index is 0.0502. The van der Waals surface area contributed by atoms with E-state index in [1.54, 1.807) is 13.2 Å². The van der Waals surface area contributed by atoms with Crippen LogP contribution in [0.15, 0.2) is 30.3 Å². The molecule has 2 amide bonds. The molecular weight excluding hydrogens is 342 g/mol. The van der Waals surface area contributed by atoms with Crippen LogP contribution in [0, 0.1) is 5.92 Å². The molecule has 0 bridgehead atoms. The molecule has 1 aromatic carbocycles. The minimum Gasteiger partial charge on any atom is -0.481 e. The topological polar surface area (TPSA) is 62.7 Å². The standard InChI is InChI=1S/C21H25N3O3/c1-27-19-13-17(16-8-2-3-9-18(16)22-19)21(26)24-12-6-7-15(14-24)20(25)23-10-4-5-11-23/h2-3,8-9,13,15H,4-7,10-12,14H2,1H3/t15-/m1/s1. The Morgan fingerprint density at radius 3 is 2.59 bits per heavy atom. The first-order valence-electron chi connectivity index (χ1n) is 9.69. The molecule has 2 aliphatic heterocycles. The van der Waals surface area contributed by atoms with Gasteiger partial charge in [0.2, 0.25) is 11.8 Å². The molecule has 6 heteroatoms. The molecule has 0 unspecified atom stereocenters. The van der Waals surface area contributed by atoms with Crippen molar-refractivity contribution in [1.29, 1.82) is 0 Å². The van der Waals surface area contributed by atoms with Gasteiger partial charge in [0.15, 0.2) is 0 Å². The van der Waals surface area contributed by atoms with Crippen LogP contribution in [0.1, 0.15) is 36.0 Å². The lowest BCUT2D eigenvalue weighted by atomic mass is 9.95. The summed E-state index contributed by atoms with van der Waals surface area (Å²) in [4.78, 5) is 34.3. The zero-order chi connectivity index (χ0) is 18.8. The zero-order valence-electron chi connectivity index (χ0n) is 15.7. The first-order chi connectivity index (χ1) is 13.2. The highest BCUT2D eigenvalue weighted by molar-refractivity contribution is 6.06. The number of fused-ring (bicyclic) bond motifs is 1. The van der Waals surface area contributed by atoms with Crippen molar-refractivity contribution in [1.82, 2.24) is 14.8 Å². The smallest absolute Gasteiger partial charge is 0.254 e. The Morgan fingerprint density at radius 2 is 1.81 bits per heavy atom. The zero-order valence-corrected chi connectivity index (χ0v) is 15.7. The van der Waals surface area contributed by atoms with E-state index in [2.05, 4.69) is 4.98 Å². The molecule has 4 rings (SSSR count). The molecular formula is C21H25N3O3. The van der Waals surface area contributed by atoms with E-state index in [4.69, 9.17) is 4.74 Å². The Kier molecular flexibility index (Phi) is 4.97. The second-order valence-corrected chi connectivity index (χ2v) is 7.35. The highest BCUT2D eigenvalue weighted by atomic mass is 16.5. The van der Waals surface area contributed by atoms with Crippen LogP contribution in [0.5, 0.6) is 5.88 Å². The van der Waals surface area contributed by atoms with Crippen molar-refractivity contribution in [2.45, 2.75) is 25.7 Å². The van der Waals surface area contributed by atoms with Gasteiger partial charge in [0.25, 0.3) is 5.91 Å². The van der Waals surface area contributed by atoms with E-state index in [-0.39, 0.29) is 17.7 Å². The molecule has 1 aromatic heterocycles. The number of benzene rings is 1. The molecule has 2 aliphatic rings. The molecule has 142 valence electrons. The summed E-state index contributed by atoms with van der Waals surface area (Å²) in [7, 11) is 1.55. The number of amides is 2. The number of methoxy groups -OCH3 is 1. The number of para-hydroxylation sites is 1. The van der Waals surface area contributed by atoms with Crippen molar-refractivity contribution in [3.8, 4) is 5.88 Å². The molecule has 27 heavy (non-hydrogen) atoms. The normalized spacial score (nSPS) is 20.1. The lowest BCUT2D eigenvalue weighted by Gasteiger charge is -2.34. The summed E-state index contributed by atoms with van der Waals surface area (Å²) in [5.41, 5.74) is 1.33. The minimum atomic E-state index is -0.0872. The molecule has 1 atom stereocenters. The molecule has 6 nitrogen and oxygen atoms in total. The first-order valence-corrected chi connectivity index (χ1v) is 9.69. The van der Waals surface area contributed by atoms with Crippen LogP contribution in [-0.2, 0) is 4.79 Å². The third-order valence-corrected chi connectivity index (χ3v) is 5.61. The van der Waals surface area contributed by atoms with Gasteiger partial charge < -0.3 is 14.5 Å². The molecule has 2 aromatic rings. The van der Waals surface area contributed by atoms with Crippen molar-refractivity contribution < 1.29 is 14.3 Å². The number of carbonyl (C=O) groups excluding carboxylic acids is 2. The van der Waals surface area contributed by atoms with E-state index >= 15 is 0 Å². The van der Waals surface area contributed by atoms with Crippen LogP contribution < -0.4 is 4.74 Å². The van der Waals surface area contributed by atoms with Crippen LogP contribution in [0.2, 0.25) is 0 Å². The second kappa shape index (κ2) is 7.55. The van der Waals surface area contributed by atoms with Gasteiger partial charge in [-0.2, -0.15) is 0 Å². The van der Waals surface area contributed by atoms with Gasteiger partial charge in [-0.25, -0.2) is 4.98 Å². The number of hydrogen-bond donors (Lipinski definition) is 0. The molecule has 0 radical (unpaired) electrons. The maximum absolute atomic E-state index is 13.3. The van der Waals surface area contributed by atoms with Gasteiger partial charge in [-0.05, 0) is 31.7 Å². The van der Waals surface area contributed by atoms with Crippen LogP contribution in [0.25, 0.3) is 10.9 Å². The summed E-state index contributed by atoms with van der Waals surface area (Å²) in [6.07, 6.45) is 3.89. The highest BCUT2D eigenvalue weighted by Gasteiger charge is 2.33. The third kappa shape index (κ3) is 3.48. The Balaban J connectivity index is 1.59. The molecule has 2 fully saturated rings. The van der Waals surface area contributed by atoms with Gasteiger partial charge in [0, 0.05) is 37.6 Å². The fourth-order valence-electron chi connectivity index (χ4n) is 4.16. The van der Waals surface area contributed by atoms with Gasteiger partial charge in [-0.3, -0.25) is 9.59 Å². The summed E-state index contributed by atoms with van der Waals surface area (Å²) in [5, 5.41) is 0.816. The summed E-state index contributed by atoms with van der Waals surface area (Å²) in [6, 6.07) is 9.30. The number of likely N-dealkylation sites (tertiary alicyclic amines) is 2. The van der Waals surface area contributed by atoms with E-state index < -0.39 is 0 Å². The molecule has 0 spiro atoms. The summed E-state index contributed by atoms with van der Waals surface area (Å²) in [5.74, 6) is 0.502. The van der Waals surface area contributed by atoms with Crippen molar-refractivity contribution in [3.05, 3.63) is 35.9 Å². The predicted molar refractivity (Wildman–Crippen MR) is 103 cm³/mol. The largest absolute Gasteiger partial charge is 0.481 e. The Bertz CT molecular complexity index is 861. The number of ether oxygens (including phenoxy) is 1. The first kappa shape index (κ1) is 17.8. The van der Waals surface area contributed by atoms with E-state index in [1.807, 2.05) is 34.1 Å². The number of carbonyl (C=O) groups is 2. The number of pyridine rings is 1. The Morgan fingerprint density at radius 1 is 1.07 bits per heavy atom. The van der Waals surface area contributed by atoms with Crippen molar-refractivity contribution in [2.24, 2.45) is 5.92 Å². The lowest BCUT2D eigenvalue weighted by Crippen LogP contribution is -2.46. The molecule has 0 aliphatic carbocycles. The van der Waals surface area contributed by atoms with Gasteiger partial charge in [0.1, 0.15) is 0 Å². The Hall–Kier alpha value is -2.63. The maximum Gasteiger partial charge on any atom is 0.254 e. The van der Waals surface area contributed by atoms with Gasteiger partial charge >= 0.3 is 0 Å². The van der Waals surface area contributed by atoms with Gasteiger partial charge in [0.05, 0.1) is 24.1 Å². The average molecular weight is 367 g/mol. The van der Waals surface area contributed by atoms with E-state index in [0.29, 0.717) is 24.5 Å². The number of rotatable bonds is 3. The molecule has 3 heterocycles. The number of nitrogens with zero attached hydrogens (tertiary/aromatic N) is 3. The third-order valence-electron chi connectivity index (χ3n) is 5.61. The molecule has 2 saturated heterocycles. The van der Waals surface area contributed by atoms with Crippen LogP contribution in [-0.4, -0.2) is 59.9 Å². The number of hydrogen-bond acceptors (Lipinski definition) is 4. The monoisotopic (exact) mass is 367 g/mol. The van der Waals surface area contributed by atoms with Crippen LogP contribution in [0.3, 0.4) is 0 Å². The average Bonchev–Trinajstić information content (AvgIpc) is 3.26. The summed E-state index contributed by atoms with van der Waals surface area (Å²) in [6.45, 7) is 2.89. The lowest BCUT2D eigenvalue weighted by molar-refractivity contribution is -0.135. The summed E-state index contributed by atoms with van der Waals surface area (Å²) < 4.78 is 5.28. The van der Waals surface area contributed by atoms with Gasteiger partial charge in [-0.1, -0.05) is 18.2 Å². The SMILES string of the molecule is COc1cc(C(=O)N2CCC[C@@H](C(=O)N3CCCC3)C2)c2ccccc2n1. The van der Waals surface area contributed by atoms with Crippen LogP contribution in [0.4, 0.5) is 0 Å². The van der Waals surface area contributed by atoms with Gasteiger partial charge in [-0.15, -0.1) is 0 Å². The summed E-state index contributed by atoms with van der Waals surface area (Å²) >= 11 is 0. The maximum atomic E-state index is 13.3. The fraction of sp³-hybridized carbons (Fsp3) is 0.476. The van der Waals surface area contributed by atoms with Crippen molar-refractivity contribution >= 4 is 22.7 Å². The fourth-order valence-corrected chi connectivity index (χ4v) is 4.16. The van der Waals surface area contributed by atoms with Crippen molar-refractivity contribution in [3.63, 3.8) is 0 Å².